The highest BCUT2D eigenvalue weighted by atomic mass is 16.5. The second-order valence-corrected chi connectivity index (χ2v) is 5.89. The molecule has 1 saturated heterocycles. The van der Waals surface area contributed by atoms with Crippen LogP contribution in [0.15, 0.2) is 12.1 Å². The van der Waals surface area contributed by atoms with Crippen molar-refractivity contribution in [1.29, 1.82) is 0 Å². The first-order valence-corrected chi connectivity index (χ1v) is 8.49. The van der Waals surface area contributed by atoms with Crippen LogP contribution in [0.5, 0.6) is 17.2 Å². The predicted molar refractivity (Wildman–Crippen MR) is 92.8 cm³/mol. The number of hydrogen-bond acceptors (Lipinski definition) is 5. The Labute approximate surface area is 139 Å². The molecular weight excluding hydrogens is 292 g/mol. The van der Waals surface area contributed by atoms with E-state index in [2.05, 4.69) is 23.2 Å². The quantitative estimate of drug-likeness (QED) is 0.797. The summed E-state index contributed by atoms with van der Waals surface area (Å²) < 4.78 is 16.6. The average Bonchev–Trinajstić information content (AvgIpc) is 2.62. The number of ether oxygens (including phenoxy) is 3. The molecule has 1 aromatic rings. The third-order valence-corrected chi connectivity index (χ3v) is 4.52. The summed E-state index contributed by atoms with van der Waals surface area (Å²) in [5.41, 5.74) is 1.19. The lowest BCUT2D eigenvalue weighted by Crippen LogP contribution is -2.45. The molecule has 2 rings (SSSR count). The van der Waals surface area contributed by atoms with E-state index in [-0.39, 0.29) is 0 Å². The Balaban J connectivity index is 2.38. The SMILES string of the molecule is CCCCC(c1cc(OC)c(OC)cc1OC)N1CCNCC1. The normalized spacial score (nSPS) is 16.9. The van der Waals surface area contributed by atoms with Crippen molar-refractivity contribution < 1.29 is 14.2 Å². The van der Waals surface area contributed by atoms with Gasteiger partial charge in [-0.2, -0.15) is 0 Å². The minimum atomic E-state index is 0.354. The number of rotatable bonds is 8. The van der Waals surface area contributed by atoms with Crippen LogP contribution in [-0.2, 0) is 0 Å². The molecule has 23 heavy (non-hydrogen) atoms. The molecule has 1 fully saturated rings. The fraction of sp³-hybridized carbons (Fsp3) is 0.667. The van der Waals surface area contributed by atoms with Crippen molar-refractivity contribution in [2.75, 3.05) is 47.5 Å². The summed E-state index contributed by atoms with van der Waals surface area (Å²) in [7, 11) is 5.06. The van der Waals surface area contributed by atoms with Gasteiger partial charge in [0.1, 0.15) is 5.75 Å². The Morgan fingerprint density at radius 3 is 2.17 bits per heavy atom. The smallest absolute Gasteiger partial charge is 0.164 e. The summed E-state index contributed by atoms with van der Waals surface area (Å²) in [6.45, 7) is 6.44. The number of piperazine rings is 1. The minimum Gasteiger partial charge on any atom is -0.496 e. The number of hydrogen-bond donors (Lipinski definition) is 1. The maximum atomic E-state index is 5.66. The molecule has 0 radical (unpaired) electrons. The van der Waals surface area contributed by atoms with E-state index in [9.17, 15) is 0 Å². The molecule has 5 nitrogen and oxygen atoms in total. The van der Waals surface area contributed by atoms with Crippen molar-refractivity contribution >= 4 is 0 Å². The van der Waals surface area contributed by atoms with Gasteiger partial charge in [-0.1, -0.05) is 19.8 Å². The van der Waals surface area contributed by atoms with Gasteiger partial charge >= 0.3 is 0 Å². The molecule has 1 atom stereocenters. The number of methoxy groups -OCH3 is 3. The van der Waals surface area contributed by atoms with Crippen LogP contribution in [0.1, 0.15) is 37.8 Å². The number of benzene rings is 1. The molecule has 0 bridgehead atoms. The van der Waals surface area contributed by atoms with E-state index in [0.717, 1.165) is 44.1 Å². The largest absolute Gasteiger partial charge is 0.496 e. The highest BCUT2D eigenvalue weighted by Gasteiger charge is 2.26. The van der Waals surface area contributed by atoms with Crippen LogP contribution in [0.4, 0.5) is 0 Å². The number of unbranched alkanes of at least 4 members (excludes halogenated alkanes) is 1. The molecular formula is C18H30N2O3. The lowest BCUT2D eigenvalue weighted by molar-refractivity contribution is 0.160. The molecule has 1 N–H and O–H groups in total. The summed E-state index contributed by atoms with van der Waals surface area (Å²) in [6.07, 6.45) is 3.52. The first-order chi connectivity index (χ1) is 11.2. The molecule has 1 aliphatic rings. The number of nitrogens with zero attached hydrogens (tertiary/aromatic N) is 1. The van der Waals surface area contributed by atoms with Gasteiger partial charge in [0.2, 0.25) is 0 Å². The van der Waals surface area contributed by atoms with E-state index in [1.165, 1.54) is 18.4 Å². The fourth-order valence-corrected chi connectivity index (χ4v) is 3.24. The van der Waals surface area contributed by atoms with E-state index in [1.807, 2.05) is 6.07 Å². The molecule has 0 aromatic heterocycles. The van der Waals surface area contributed by atoms with E-state index >= 15 is 0 Å². The monoisotopic (exact) mass is 322 g/mol. The third kappa shape index (κ3) is 4.30. The van der Waals surface area contributed by atoms with Gasteiger partial charge in [0.05, 0.1) is 21.3 Å². The fourth-order valence-electron chi connectivity index (χ4n) is 3.24. The lowest BCUT2D eigenvalue weighted by atomic mass is 9.97. The molecule has 0 aliphatic carbocycles. The molecule has 1 unspecified atom stereocenters. The Morgan fingerprint density at radius 1 is 1.00 bits per heavy atom. The Hall–Kier alpha value is -1.46. The van der Waals surface area contributed by atoms with Crippen molar-refractivity contribution in [1.82, 2.24) is 10.2 Å². The molecule has 1 aromatic carbocycles. The molecule has 5 heteroatoms. The first kappa shape index (κ1) is 17.9. The average molecular weight is 322 g/mol. The maximum Gasteiger partial charge on any atom is 0.164 e. The molecule has 1 heterocycles. The second kappa shape index (κ2) is 8.99. The van der Waals surface area contributed by atoms with Crippen molar-refractivity contribution in [2.45, 2.75) is 32.2 Å². The van der Waals surface area contributed by atoms with Crippen LogP contribution in [-0.4, -0.2) is 52.4 Å². The van der Waals surface area contributed by atoms with Gasteiger partial charge in [0.15, 0.2) is 11.5 Å². The van der Waals surface area contributed by atoms with Crippen LogP contribution in [0.2, 0.25) is 0 Å². The highest BCUT2D eigenvalue weighted by molar-refractivity contribution is 5.52. The van der Waals surface area contributed by atoms with E-state index in [0.29, 0.717) is 11.8 Å². The van der Waals surface area contributed by atoms with Gasteiger partial charge in [0.25, 0.3) is 0 Å². The first-order valence-electron chi connectivity index (χ1n) is 8.49. The Morgan fingerprint density at radius 2 is 1.61 bits per heavy atom. The van der Waals surface area contributed by atoms with Crippen molar-refractivity contribution in [3.8, 4) is 17.2 Å². The van der Waals surface area contributed by atoms with Gasteiger partial charge in [-0.25, -0.2) is 0 Å². The second-order valence-electron chi connectivity index (χ2n) is 5.89. The predicted octanol–water partition coefficient (Wildman–Crippen LogP) is 2.85. The van der Waals surface area contributed by atoms with Crippen LogP contribution in [0.25, 0.3) is 0 Å². The van der Waals surface area contributed by atoms with Crippen LogP contribution < -0.4 is 19.5 Å². The minimum absolute atomic E-state index is 0.354. The lowest BCUT2D eigenvalue weighted by Gasteiger charge is -2.36. The molecule has 0 saturated carbocycles. The Kier molecular flexibility index (Phi) is 6.99. The van der Waals surface area contributed by atoms with Crippen molar-refractivity contribution in [3.05, 3.63) is 17.7 Å². The summed E-state index contributed by atoms with van der Waals surface area (Å²) in [4.78, 5) is 2.55. The zero-order valence-electron chi connectivity index (χ0n) is 14.9. The van der Waals surface area contributed by atoms with Gasteiger partial charge in [0, 0.05) is 43.9 Å². The molecule has 130 valence electrons. The van der Waals surface area contributed by atoms with E-state index in [4.69, 9.17) is 14.2 Å². The molecule has 1 aliphatic heterocycles. The highest BCUT2D eigenvalue weighted by Crippen LogP contribution is 2.40. The van der Waals surface area contributed by atoms with Crippen molar-refractivity contribution in [2.24, 2.45) is 0 Å². The molecule has 0 amide bonds. The van der Waals surface area contributed by atoms with Gasteiger partial charge < -0.3 is 19.5 Å². The van der Waals surface area contributed by atoms with Gasteiger partial charge in [-0.3, -0.25) is 4.90 Å². The zero-order chi connectivity index (χ0) is 16.7. The molecule has 0 spiro atoms. The maximum absolute atomic E-state index is 5.66. The van der Waals surface area contributed by atoms with E-state index in [1.54, 1.807) is 21.3 Å². The summed E-state index contributed by atoms with van der Waals surface area (Å²) >= 11 is 0. The van der Waals surface area contributed by atoms with Crippen LogP contribution in [0.3, 0.4) is 0 Å². The van der Waals surface area contributed by atoms with Crippen molar-refractivity contribution in [3.63, 3.8) is 0 Å². The van der Waals surface area contributed by atoms with Gasteiger partial charge in [-0.15, -0.1) is 0 Å². The summed E-state index contributed by atoms with van der Waals surface area (Å²) in [5.74, 6) is 2.35. The summed E-state index contributed by atoms with van der Waals surface area (Å²) in [5, 5.41) is 3.43. The standard InChI is InChI=1S/C18H30N2O3/c1-5-6-7-15(20-10-8-19-9-11-20)14-12-17(22-3)18(23-4)13-16(14)21-2/h12-13,15,19H,5-11H2,1-4H3. The zero-order valence-corrected chi connectivity index (χ0v) is 14.9. The van der Waals surface area contributed by atoms with Crippen LogP contribution >= 0.6 is 0 Å². The number of nitrogens with one attached hydrogen (secondary N) is 1. The van der Waals surface area contributed by atoms with E-state index < -0.39 is 0 Å². The third-order valence-electron chi connectivity index (χ3n) is 4.52. The topological polar surface area (TPSA) is 43.0 Å². The summed E-state index contributed by atoms with van der Waals surface area (Å²) in [6, 6.07) is 4.38. The van der Waals surface area contributed by atoms with Crippen LogP contribution in [0, 0.1) is 0 Å². The Bertz CT molecular complexity index is 487. The van der Waals surface area contributed by atoms with Gasteiger partial charge in [-0.05, 0) is 12.5 Å².